The zero-order valence-corrected chi connectivity index (χ0v) is 29.8. The van der Waals surface area contributed by atoms with E-state index in [9.17, 15) is 28.2 Å². The van der Waals surface area contributed by atoms with Crippen LogP contribution in [0.1, 0.15) is 105 Å². The Bertz CT molecular complexity index is 1810. The summed E-state index contributed by atoms with van der Waals surface area (Å²) in [5.74, 6) is -2.26. The Hall–Kier alpha value is -3.30. The normalized spacial score (nSPS) is 33.7. The van der Waals surface area contributed by atoms with Gasteiger partial charge in [0, 0.05) is 40.7 Å². The average molecular weight is 729 g/mol. The van der Waals surface area contributed by atoms with Gasteiger partial charge in [-0.05, 0) is 97.9 Å². The quantitative estimate of drug-likeness (QED) is 0.144. The van der Waals surface area contributed by atoms with Crippen LogP contribution in [0.3, 0.4) is 0 Å². The van der Waals surface area contributed by atoms with Crippen molar-refractivity contribution < 1.29 is 51.2 Å². The van der Waals surface area contributed by atoms with E-state index in [0.29, 0.717) is 54.7 Å². The molecule has 4 aliphatic carbocycles. The molecule has 11 heteroatoms. The number of ether oxygens (including phenoxy) is 3. The van der Waals surface area contributed by atoms with E-state index in [1.165, 1.54) is 14.0 Å². The minimum absolute atomic E-state index is 0.0195. The van der Waals surface area contributed by atoms with Gasteiger partial charge in [0.15, 0.2) is 5.79 Å². The van der Waals surface area contributed by atoms with Crippen LogP contribution in [0.25, 0.3) is 0 Å². The molecule has 52 heavy (non-hydrogen) atoms. The third-order valence-corrected chi connectivity index (χ3v) is 12.9. The van der Waals surface area contributed by atoms with Crippen molar-refractivity contribution in [1.29, 1.82) is 0 Å². The SMILES string of the molecule is COC(=O)c1ccc(C#Cc2ccc([C@H]3C[C@@]4(C)C(CC[C@@]4(O)C(F)(F)C(F)(F)F)C4CCC5(O)CC6(CCC5=C43)OCC(C)(C)CO6)cc2)cc1. The highest BCUT2D eigenvalue weighted by Crippen LogP contribution is 2.71. The van der Waals surface area contributed by atoms with Crippen LogP contribution in [0.5, 0.6) is 0 Å². The highest BCUT2D eigenvalue weighted by Gasteiger charge is 2.79. The van der Waals surface area contributed by atoms with Crippen molar-refractivity contribution in [3.63, 3.8) is 0 Å². The van der Waals surface area contributed by atoms with Crippen molar-refractivity contribution in [3.05, 3.63) is 81.9 Å². The maximum atomic E-state index is 15.4. The van der Waals surface area contributed by atoms with Crippen LogP contribution >= 0.6 is 0 Å². The third-order valence-electron chi connectivity index (χ3n) is 12.9. The Morgan fingerprint density at radius 3 is 2.04 bits per heavy atom. The van der Waals surface area contributed by atoms with E-state index in [-0.39, 0.29) is 31.1 Å². The summed E-state index contributed by atoms with van der Waals surface area (Å²) in [6.45, 7) is 6.45. The molecule has 1 heterocycles. The number of hydrogen-bond donors (Lipinski definition) is 2. The van der Waals surface area contributed by atoms with Gasteiger partial charge in [-0.15, -0.1) is 0 Å². The molecule has 2 N–H and O–H groups in total. The molecule has 1 saturated heterocycles. The summed E-state index contributed by atoms with van der Waals surface area (Å²) in [4.78, 5) is 11.8. The van der Waals surface area contributed by atoms with Gasteiger partial charge in [0.2, 0.25) is 0 Å². The van der Waals surface area contributed by atoms with Gasteiger partial charge in [0.1, 0.15) is 5.60 Å². The zero-order chi connectivity index (χ0) is 37.5. The van der Waals surface area contributed by atoms with Gasteiger partial charge in [-0.2, -0.15) is 22.0 Å². The number of rotatable bonds is 3. The van der Waals surface area contributed by atoms with E-state index >= 15 is 8.78 Å². The Morgan fingerprint density at radius 2 is 1.46 bits per heavy atom. The van der Waals surface area contributed by atoms with E-state index in [1.54, 1.807) is 36.4 Å². The molecule has 1 spiro atoms. The molecule has 7 rings (SSSR count). The molecular formula is C41H45F5O6. The molecule has 280 valence electrons. The molecule has 0 aromatic heterocycles. The lowest BCUT2D eigenvalue weighted by atomic mass is 9.49. The van der Waals surface area contributed by atoms with E-state index in [4.69, 9.17) is 14.2 Å². The van der Waals surface area contributed by atoms with Crippen LogP contribution in [0.4, 0.5) is 22.0 Å². The standard InChI is InChI=1S/C41H45F5O6/c1-35(2)23-51-38(52-24-35)19-16-32-33-29(15-18-37(32,48)22-38)31-17-20-39(49,40(42,43)41(44,45)46)36(31,3)21-30(33)27-11-7-25(8-12-27)5-6-26-9-13-28(14-10-26)34(47)50-4/h7-14,29-31,48-49H,15-24H2,1-4H3/t29?,30-,31?,36+,37?,39+/m1/s1. The number of carbonyl (C=O) groups excluding carboxylic acids is 1. The molecule has 6 atom stereocenters. The molecule has 4 fully saturated rings. The van der Waals surface area contributed by atoms with Crippen LogP contribution < -0.4 is 0 Å². The van der Waals surface area contributed by atoms with Crippen LogP contribution in [-0.2, 0) is 14.2 Å². The summed E-state index contributed by atoms with van der Waals surface area (Å²) in [7, 11) is 1.30. The number of allylic oxidation sites excluding steroid dienone is 1. The second-order valence-electron chi connectivity index (χ2n) is 16.6. The molecule has 6 nitrogen and oxygen atoms in total. The fourth-order valence-electron chi connectivity index (χ4n) is 10.1. The second-order valence-corrected chi connectivity index (χ2v) is 16.6. The van der Waals surface area contributed by atoms with Gasteiger partial charge in [0.25, 0.3) is 0 Å². The van der Waals surface area contributed by atoms with E-state index in [1.807, 2.05) is 26.0 Å². The largest absolute Gasteiger partial charge is 0.465 e. The number of halogens is 5. The maximum absolute atomic E-state index is 15.4. The molecule has 0 bridgehead atoms. The smallest absolute Gasteiger partial charge is 0.456 e. The number of alkyl halides is 5. The minimum atomic E-state index is -5.92. The summed E-state index contributed by atoms with van der Waals surface area (Å²) in [6.07, 6.45) is -4.93. The average Bonchev–Trinajstić information content (AvgIpc) is 3.38. The van der Waals surface area contributed by atoms with Gasteiger partial charge in [-0.3, -0.25) is 0 Å². The Labute approximate surface area is 300 Å². The summed E-state index contributed by atoms with van der Waals surface area (Å²) >= 11 is 0. The van der Waals surface area contributed by atoms with Crippen molar-refractivity contribution in [3.8, 4) is 11.8 Å². The van der Waals surface area contributed by atoms with E-state index in [2.05, 4.69) is 11.8 Å². The number of benzene rings is 2. The highest BCUT2D eigenvalue weighted by atomic mass is 19.4. The molecule has 2 aromatic carbocycles. The van der Waals surface area contributed by atoms with Crippen LogP contribution in [0.2, 0.25) is 0 Å². The zero-order valence-electron chi connectivity index (χ0n) is 29.8. The number of hydrogen-bond acceptors (Lipinski definition) is 6. The number of esters is 1. The number of carbonyl (C=O) groups is 1. The summed E-state index contributed by atoms with van der Waals surface area (Å²) in [5, 5.41) is 24.0. The Kier molecular flexibility index (Phi) is 8.81. The van der Waals surface area contributed by atoms with Crippen LogP contribution in [0, 0.1) is 34.5 Å². The topological polar surface area (TPSA) is 85.2 Å². The summed E-state index contributed by atoms with van der Waals surface area (Å²) in [6, 6.07) is 13.8. The highest BCUT2D eigenvalue weighted by molar-refractivity contribution is 5.89. The predicted molar refractivity (Wildman–Crippen MR) is 181 cm³/mol. The number of aliphatic hydroxyl groups is 2. The van der Waals surface area contributed by atoms with Crippen molar-refractivity contribution in [1.82, 2.24) is 0 Å². The fraction of sp³-hybridized carbons (Fsp3) is 0.585. The van der Waals surface area contributed by atoms with Gasteiger partial charge in [0.05, 0.1) is 31.5 Å². The molecule has 0 radical (unpaired) electrons. The third kappa shape index (κ3) is 5.80. The fourth-order valence-corrected chi connectivity index (χ4v) is 10.1. The van der Waals surface area contributed by atoms with Crippen molar-refractivity contribution in [2.45, 2.75) is 107 Å². The first-order valence-corrected chi connectivity index (χ1v) is 18.0. The van der Waals surface area contributed by atoms with E-state index in [0.717, 1.165) is 11.1 Å². The molecule has 3 saturated carbocycles. The molecule has 2 aromatic rings. The van der Waals surface area contributed by atoms with Crippen molar-refractivity contribution in [2.24, 2.45) is 22.7 Å². The minimum Gasteiger partial charge on any atom is -0.465 e. The lowest BCUT2D eigenvalue weighted by Crippen LogP contribution is -2.65. The second kappa shape index (κ2) is 12.4. The van der Waals surface area contributed by atoms with Gasteiger partial charge >= 0.3 is 18.1 Å². The molecule has 0 amide bonds. The lowest BCUT2D eigenvalue weighted by Gasteiger charge is -2.59. The van der Waals surface area contributed by atoms with Gasteiger partial charge in [-0.25, -0.2) is 4.79 Å². The first-order valence-electron chi connectivity index (χ1n) is 18.0. The molecule has 1 aliphatic heterocycles. The number of methoxy groups -OCH3 is 1. The molecule has 5 aliphatic rings. The van der Waals surface area contributed by atoms with Crippen molar-refractivity contribution >= 4 is 5.97 Å². The number of fused-ring (bicyclic) bond motifs is 4. The van der Waals surface area contributed by atoms with Crippen LogP contribution in [0.15, 0.2) is 59.7 Å². The predicted octanol–water partition coefficient (Wildman–Crippen LogP) is 8.10. The van der Waals surface area contributed by atoms with E-state index < -0.39 is 64.6 Å². The first kappa shape index (κ1) is 37.0. The maximum Gasteiger partial charge on any atom is 0.456 e. The monoisotopic (exact) mass is 728 g/mol. The van der Waals surface area contributed by atoms with Gasteiger partial charge in [-0.1, -0.05) is 50.3 Å². The Morgan fingerprint density at radius 1 is 0.865 bits per heavy atom. The molecule has 3 unspecified atom stereocenters. The first-order chi connectivity index (χ1) is 24.3. The summed E-state index contributed by atoms with van der Waals surface area (Å²) in [5.41, 5.74) is -2.45. The summed E-state index contributed by atoms with van der Waals surface area (Å²) < 4.78 is 90.2. The Balaban J connectivity index is 1.27. The van der Waals surface area contributed by atoms with Gasteiger partial charge < -0.3 is 24.4 Å². The lowest BCUT2D eigenvalue weighted by molar-refractivity contribution is -0.362. The molecular weight excluding hydrogens is 683 g/mol. The van der Waals surface area contributed by atoms with Crippen molar-refractivity contribution in [2.75, 3.05) is 20.3 Å². The van der Waals surface area contributed by atoms with Crippen LogP contribution in [-0.4, -0.2) is 65.6 Å².